The standard InChI is InChI=1S/C18H26O/c1-13-5-6-15(11-14(13)2)12-17(19)16-7-9-18(3,4)10-8-16/h5-6,11,16H,7-10,12H2,1-4H3. The number of carbonyl (C=O) groups is 1. The highest BCUT2D eigenvalue weighted by atomic mass is 16.1. The highest BCUT2D eigenvalue weighted by molar-refractivity contribution is 5.83. The number of aryl methyl sites for hydroxylation is 2. The molecule has 0 spiro atoms. The Labute approximate surface area is 117 Å². The Kier molecular flexibility index (Phi) is 4.13. The van der Waals surface area contributed by atoms with Crippen LogP contribution in [0.2, 0.25) is 0 Å². The first-order valence-electron chi connectivity index (χ1n) is 7.46. The lowest BCUT2D eigenvalue weighted by molar-refractivity contribution is -0.123. The zero-order chi connectivity index (χ0) is 14.0. The molecule has 0 heterocycles. The zero-order valence-corrected chi connectivity index (χ0v) is 12.8. The van der Waals surface area contributed by atoms with Gasteiger partial charge in [-0.2, -0.15) is 0 Å². The van der Waals surface area contributed by atoms with Gasteiger partial charge in [-0.15, -0.1) is 0 Å². The first-order valence-corrected chi connectivity index (χ1v) is 7.46. The average Bonchev–Trinajstić information content (AvgIpc) is 2.33. The fraction of sp³-hybridized carbons (Fsp3) is 0.611. The van der Waals surface area contributed by atoms with Crippen molar-refractivity contribution in [2.45, 2.75) is 59.8 Å². The molecule has 19 heavy (non-hydrogen) atoms. The van der Waals surface area contributed by atoms with Crippen LogP contribution in [-0.2, 0) is 11.2 Å². The molecular weight excluding hydrogens is 232 g/mol. The summed E-state index contributed by atoms with van der Waals surface area (Å²) < 4.78 is 0. The molecule has 0 aromatic heterocycles. The fourth-order valence-electron chi connectivity index (χ4n) is 2.98. The van der Waals surface area contributed by atoms with Crippen molar-refractivity contribution in [2.75, 3.05) is 0 Å². The van der Waals surface area contributed by atoms with Gasteiger partial charge in [0.25, 0.3) is 0 Å². The number of hydrogen-bond donors (Lipinski definition) is 0. The predicted octanol–water partition coefficient (Wildman–Crippen LogP) is 4.63. The Balaban J connectivity index is 1.96. The SMILES string of the molecule is Cc1ccc(CC(=O)C2CCC(C)(C)CC2)cc1C. The van der Waals surface area contributed by atoms with Gasteiger partial charge in [-0.05, 0) is 61.6 Å². The third-order valence-electron chi connectivity index (χ3n) is 4.74. The molecule has 0 unspecified atom stereocenters. The maximum absolute atomic E-state index is 12.4. The first kappa shape index (κ1) is 14.3. The lowest BCUT2D eigenvalue weighted by Crippen LogP contribution is -2.27. The van der Waals surface area contributed by atoms with Crippen molar-refractivity contribution in [1.29, 1.82) is 0 Å². The maximum atomic E-state index is 12.4. The van der Waals surface area contributed by atoms with Gasteiger partial charge in [0.15, 0.2) is 0 Å². The van der Waals surface area contributed by atoms with Crippen LogP contribution < -0.4 is 0 Å². The lowest BCUT2D eigenvalue weighted by Gasteiger charge is -2.33. The predicted molar refractivity (Wildman–Crippen MR) is 80.4 cm³/mol. The van der Waals surface area contributed by atoms with Crippen LogP contribution in [0.4, 0.5) is 0 Å². The minimum absolute atomic E-state index is 0.301. The monoisotopic (exact) mass is 258 g/mol. The Morgan fingerprint density at radius 3 is 2.37 bits per heavy atom. The Morgan fingerprint density at radius 2 is 1.79 bits per heavy atom. The van der Waals surface area contributed by atoms with Crippen molar-refractivity contribution in [3.05, 3.63) is 34.9 Å². The van der Waals surface area contributed by atoms with Crippen LogP contribution in [0, 0.1) is 25.2 Å². The highest BCUT2D eigenvalue weighted by Crippen LogP contribution is 2.38. The van der Waals surface area contributed by atoms with Gasteiger partial charge in [0.05, 0.1) is 0 Å². The molecular formula is C18H26O. The van der Waals surface area contributed by atoms with Crippen molar-refractivity contribution in [1.82, 2.24) is 0 Å². The molecule has 1 aromatic carbocycles. The summed E-state index contributed by atoms with van der Waals surface area (Å²) in [7, 11) is 0. The van der Waals surface area contributed by atoms with E-state index in [1.807, 2.05) is 0 Å². The Hall–Kier alpha value is -1.11. The third kappa shape index (κ3) is 3.68. The summed E-state index contributed by atoms with van der Waals surface area (Å²) in [6.07, 6.45) is 5.16. The van der Waals surface area contributed by atoms with Crippen molar-refractivity contribution in [3.8, 4) is 0 Å². The molecule has 1 aromatic rings. The first-order chi connectivity index (χ1) is 8.87. The Bertz CT molecular complexity index is 461. The van der Waals surface area contributed by atoms with Crippen LogP contribution in [0.3, 0.4) is 0 Å². The van der Waals surface area contributed by atoms with Crippen LogP contribution in [0.5, 0.6) is 0 Å². The summed E-state index contributed by atoms with van der Waals surface area (Å²) in [5.41, 5.74) is 4.21. The van der Waals surface area contributed by atoms with Gasteiger partial charge in [-0.25, -0.2) is 0 Å². The molecule has 0 atom stereocenters. The van der Waals surface area contributed by atoms with Crippen LogP contribution in [-0.4, -0.2) is 5.78 Å². The summed E-state index contributed by atoms with van der Waals surface area (Å²) in [6, 6.07) is 6.40. The highest BCUT2D eigenvalue weighted by Gasteiger charge is 2.30. The molecule has 0 bridgehead atoms. The summed E-state index contributed by atoms with van der Waals surface area (Å²) in [6.45, 7) is 8.87. The van der Waals surface area contributed by atoms with Gasteiger partial charge < -0.3 is 0 Å². The summed E-state index contributed by atoms with van der Waals surface area (Å²) in [5.74, 6) is 0.744. The number of hydrogen-bond acceptors (Lipinski definition) is 1. The minimum Gasteiger partial charge on any atom is -0.299 e. The third-order valence-corrected chi connectivity index (χ3v) is 4.74. The van der Waals surface area contributed by atoms with Gasteiger partial charge in [-0.3, -0.25) is 4.79 Å². The van der Waals surface area contributed by atoms with E-state index in [1.54, 1.807) is 0 Å². The maximum Gasteiger partial charge on any atom is 0.140 e. The minimum atomic E-state index is 0.301. The number of carbonyl (C=O) groups excluding carboxylic acids is 1. The second-order valence-electron chi connectivity index (χ2n) is 7.00. The fourth-order valence-corrected chi connectivity index (χ4v) is 2.98. The average molecular weight is 258 g/mol. The molecule has 2 rings (SSSR count). The molecule has 1 aliphatic carbocycles. The van der Waals surface area contributed by atoms with Gasteiger partial charge in [0.2, 0.25) is 0 Å². The van der Waals surface area contributed by atoms with Gasteiger partial charge in [0, 0.05) is 12.3 Å². The molecule has 1 nitrogen and oxygen atoms in total. The van der Waals surface area contributed by atoms with Crippen LogP contribution in [0.25, 0.3) is 0 Å². The molecule has 1 fully saturated rings. The largest absolute Gasteiger partial charge is 0.299 e. The smallest absolute Gasteiger partial charge is 0.140 e. The van der Waals surface area contributed by atoms with Crippen molar-refractivity contribution >= 4 is 5.78 Å². The second-order valence-corrected chi connectivity index (χ2v) is 7.00. The van der Waals surface area contributed by atoms with E-state index < -0.39 is 0 Å². The lowest BCUT2D eigenvalue weighted by atomic mass is 9.71. The van der Waals surface area contributed by atoms with E-state index in [2.05, 4.69) is 45.9 Å². The molecule has 0 radical (unpaired) electrons. The normalized spacial score (nSPS) is 19.4. The molecule has 0 aliphatic heterocycles. The summed E-state index contributed by atoms with van der Waals surface area (Å²) >= 11 is 0. The quantitative estimate of drug-likeness (QED) is 0.772. The summed E-state index contributed by atoms with van der Waals surface area (Å²) in [5, 5.41) is 0. The van der Waals surface area contributed by atoms with Gasteiger partial charge in [0.1, 0.15) is 5.78 Å². The topological polar surface area (TPSA) is 17.1 Å². The van der Waals surface area contributed by atoms with E-state index >= 15 is 0 Å². The van der Waals surface area contributed by atoms with Crippen molar-refractivity contribution < 1.29 is 4.79 Å². The summed E-state index contributed by atoms with van der Waals surface area (Å²) in [4.78, 5) is 12.4. The number of Topliss-reactive ketones (excluding diaryl/α,β-unsaturated/α-hetero) is 1. The molecule has 0 amide bonds. The molecule has 0 N–H and O–H groups in total. The van der Waals surface area contributed by atoms with Crippen LogP contribution in [0.1, 0.15) is 56.2 Å². The van der Waals surface area contributed by atoms with E-state index in [4.69, 9.17) is 0 Å². The molecule has 104 valence electrons. The molecule has 1 heteroatoms. The number of rotatable bonds is 3. The van der Waals surface area contributed by atoms with Crippen LogP contribution in [0.15, 0.2) is 18.2 Å². The van der Waals surface area contributed by atoms with Crippen molar-refractivity contribution in [3.63, 3.8) is 0 Å². The van der Waals surface area contributed by atoms with Gasteiger partial charge in [-0.1, -0.05) is 32.0 Å². The van der Waals surface area contributed by atoms with E-state index in [0.29, 0.717) is 23.5 Å². The van der Waals surface area contributed by atoms with E-state index in [1.165, 1.54) is 29.5 Å². The van der Waals surface area contributed by atoms with E-state index in [0.717, 1.165) is 12.8 Å². The van der Waals surface area contributed by atoms with Gasteiger partial charge >= 0.3 is 0 Å². The number of ketones is 1. The van der Waals surface area contributed by atoms with E-state index in [-0.39, 0.29) is 0 Å². The number of benzene rings is 1. The van der Waals surface area contributed by atoms with Crippen molar-refractivity contribution in [2.24, 2.45) is 11.3 Å². The molecule has 1 aliphatic rings. The zero-order valence-electron chi connectivity index (χ0n) is 12.8. The second kappa shape index (κ2) is 5.48. The van der Waals surface area contributed by atoms with E-state index in [9.17, 15) is 4.79 Å². The van der Waals surface area contributed by atoms with Crippen LogP contribution >= 0.6 is 0 Å². The Morgan fingerprint density at radius 1 is 1.16 bits per heavy atom. The molecule has 1 saturated carbocycles. The molecule has 0 saturated heterocycles.